The minimum Gasteiger partial charge on any atom is -0.393 e. The van der Waals surface area contributed by atoms with E-state index in [0.29, 0.717) is 5.56 Å². The van der Waals surface area contributed by atoms with Crippen LogP contribution in [-0.4, -0.2) is 17.7 Å². The Morgan fingerprint density at radius 1 is 1.39 bits per heavy atom. The molecule has 2 N–H and O–H groups in total. The van der Waals surface area contributed by atoms with E-state index in [4.69, 9.17) is 10.5 Å². The monoisotopic (exact) mass is 264 g/mol. The lowest BCUT2D eigenvalue weighted by atomic mass is 10.2. The van der Waals surface area contributed by atoms with Crippen LogP contribution >= 0.6 is 0 Å². The van der Waals surface area contributed by atoms with Gasteiger partial charge in [0.2, 0.25) is 0 Å². The fourth-order valence-electron chi connectivity index (χ4n) is 1.24. The Morgan fingerprint density at radius 3 is 2.56 bits per heavy atom. The first-order chi connectivity index (χ1) is 8.29. The van der Waals surface area contributed by atoms with Crippen LogP contribution in [0.3, 0.4) is 0 Å². The van der Waals surface area contributed by atoms with Gasteiger partial charge in [-0.15, -0.1) is 0 Å². The van der Waals surface area contributed by atoms with Crippen molar-refractivity contribution in [3.8, 4) is 0 Å². The van der Waals surface area contributed by atoms with Gasteiger partial charge in [0.25, 0.3) is 5.69 Å². The van der Waals surface area contributed by atoms with Crippen LogP contribution in [0.5, 0.6) is 0 Å². The lowest BCUT2D eigenvalue weighted by Gasteiger charge is -2.07. The summed E-state index contributed by atoms with van der Waals surface area (Å²) in [4.78, 5) is 9.84. The largest absolute Gasteiger partial charge is 0.393 e. The van der Waals surface area contributed by atoms with E-state index >= 15 is 0 Å². The van der Waals surface area contributed by atoms with E-state index in [1.54, 1.807) is 0 Å². The second-order valence-electron chi connectivity index (χ2n) is 3.57. The second kappa shape index (κ2) is 5.67. The third-order valence-corrected chi connectivity index (χ3v) is 2.09. The molecular formula is C10H11F3N2O3. The molecule has 0 aliphatic carbocycles. The summed E-state index contributed by atoms with van der Waals surface area (Å²) in [6.45, 7) is -0.529. The Morgan fingerprint density at radius 2 is 2.06 bits per heavy atom. The first-order valence-electron chi connectivity index (χ1n) is 4.97. The van der Waals surface area contributed by atoms with Crippen molar-refractivity contribution in [3.05, 3.63) is 33.9 Å². The number of hydrogen-bond donors (Lipinski definition) is 1. The van der Waals surface area contributed by atoms with Gasteiger partial charge in [0.15, 0.2) is 0 Å². The number of rotatable bonds is 5. The van der Waals surface area contributed by atoms with Crippen LogP contribution < -0.4 is 5.73 Å². The summed E-state index contributed by atoms with van der Waals surface area (Å²) in [5.74, 6) is 0. The maximum Gasteiger partial charge on any atom is 0.391 e. The van der Waals surface area contributed by atoms with Crippen LogP contribution in [0.4, 0.5) is 24.5 Å². The minimum absolute atomic E-state index is 0.0445. The van der Waals surface area contributed by atoms with E-state index in [1.807, 2.05) is 0 Å². The lowest BCUT2D eigenvalue weighted by Crippen LogP contribution is -2.11. The molecule has 0 radical (unpaired) electrons. The summed E-state index contributed by atoms with van der Waals surface area (Å²) in [5, 5.41) is 10.5. The molecule has 0 atom stereocenters. The van der Waals surface area contributed by atoms with E-state index in [0.717, 1.165) is 0 Å². The molecule has 18 heavy (non-hydrogen) atoms. The normalized spacial score (nSPS) is 11.5. The maximum absolute atomic E-state index is 11.8. The highest BCUT2D eigenvalue weighted by atomic mass is 19.4. The molecule has 0 aliphatic rings. The van der Waals surface area contributed by atoms with E-state index in [1.165, 1.54) is 18.2 Å². The highest BCUT2D eigenvalue weighted by molar-refractivity contribution is 5.59. The van der Waals surface area contributed by atoms with Crippen molar-refractivity contribution in [2.75, 3.05) is 12.3 Å². The molecular weight excluding hydrogens is 253 g/mol. The average Bonchev–Trinajstić information content (AvgIpc) is 2.22. The molecule has 0 amide bonds. The summed E-state index contributed by atoms with van der Waals surface area (Å²) in [6, 6.07) is 3.89. The molecule has 0 spiro atoms. The van der Waals surface area contributed by atoms with Gasteiger partial charge in [-0.05, 0) is 17.7 Å². The van der Waals surface area contributed by atoms with Crippen LogP contribution in [0.25, 0.3) is 0 Å². The predicted molar refractivity (Wildman–Crippen MR) is 57.8 cm³/mol. The van der Waals surface area contributed by atoms with Crippen molar-refractivity contribution in [3.63, 3.8) is 0 Å². The molecule has 100 valence electrons. The second-order valence-corrected chi connectivity index (χ2v) is 3.57. The quantitative estimate of drug-likeness (QED) is 0.384. The summed E-state index contributed by atoms with van der Waals surface area (Å²) in [5.41, 5.74) is 5.62. The molecule has 1 aromatic carbocycles. The van der Waals surface area contributed by atoms with Crippen molar-refractivity contribution in [1.82, 2.24) is 0 Å². The number of nitro groups is 1. The Labute approximate surface area is 100 Å². The molecule has 0 bridgehead atoms. The van der Waals surface area contributed by atoms with Gasteiger partial charge in [-0.25, -0.2) is 0 Å². The number of anilines is 1. The van der Waals surface area contributed by atoms with E-state index in [9.17, 15) is 23.3 Å². The number of nitrogens with zero attached hydrogens (tertiary/aromatic N) is 1. The van der Waals surface area contributed by atoms with E-state index in [2.05, 4.69) is 0 Å². The molecule has 0 unspecified atom stereocenters. The third kappa shape index (κ3) is 4.58. The zero-order chi connectivity index (χ0) is 13.8. The Bertz CT molecular complexity index is 435. The fraction of sp³-hybridized carbons (Fsp3) is 0.400. The highest BCUT2D eigenvalue weighted by Crippen LogP contribution is 2.23. The lowest BCUT2D eigenvalue weighted by molar-refractivity contribution is -0.383. The number of nitrogen functional groups attached to an aromatic ring is 1. The Kier molecular flexibility index (Phi) is 4.49. The molecule has 0 saturated heterocycles. The fourth-order valence-corrected chi connectivity index (χ4v) is 1.24. The number of benzene rings is 1. The standard InChI is InChI=1S/C10H11F3N2O3/c11-10(12,13)3-4-18-6-7-1-2-9(15(16)17)8(14)5-7/h1-2,5H,3-4,6,14H2. The zero-order valence-electron chi connectivity index (χ0n) is 9.24. The van der Waals surface area contributed by atoms with Crippen LogP contribution in [0.2, 0.25) is 0 Å². The van der Waals surface area contributed by atoms with Gasteiger partial charge in [-0.3, -0.25) is 10.1 Å². The number of nitro benzene ring substituents is 1. The molecule has 0 aliphatic heterocycles. The van der Waals surface area contributed by atoms with Gasteiger partial charge in [-0.2, -0.15) is 13.2 Å². The van der Waals surface area contributed by atoms with Gasteiger partial charge in [0.05, 0.1) is 24.6 Å². The smallest absolute Gasteiger partial charge is 0.391 e. The minimum atomic E-state index is -4.26. The summed E-state index contributed by atoms with van der Waals surface area (Å²) in [6.07, 6.45) is -5.29. The van der Waals surface area contributed by atoms with Gasteiger partial charge < -0.3 is 10.5 Å². The summed E-state index contributed by atoms with van der Waals surface area (Å²) >= 11 is 0. The number of hydrogen-bond acceptors (Lipinski definition) is 4. The zero-order valence-corrected chi connectivity index (χ0v) is 9.24. The van der Waals surface area contributed by atoms with Crippen molar-refractivity contribution in [2.24, 2.45) is 0 Å². The number of alkyl halides is 3. The average molecular weight is 264 g/mol. The van der Waals surface area contributed by atoms with Crippen molar-refractivity contribution in [1.29, 1.82) is 0 Å². The van der Waals surface area contributed by atoms with Gasteiger partial charge >= 0.3 is 6.18 Å². The van der Waals surface area contributed by atoms with Crippen LogP contribution in [0.15, 0.2) is 18.2 Å². The molecule has 0 saturated carbocycles. The van der Waals surface area contributed by atoms with Crippen molar-refractivity contribution in [2.45, 2.75) is 19.2 Å². The summed E-state index contributed by atoms with van der Waals surface area (Å²) < 4.78 is 40.2. The van der Waals surface area contributed by atoms with E-state index in [-0.39, 0.29) is 18.0 Å². The topological polar surface area (TPSA) is 78.4 Å². The van der Waals surface area contributed by atoms with Crippen LogP contribution in [0, 0.1) is 10.1 Å². The first-order valence-corrected chi connectivity index (χ1v) is 4.97. The molecule has 1 aromatic rings. The maximum atomic E-state index is 11.8. The van der Waals surface area contributed by atoms with Crippen molar-refractivity contribution < 1.29 is 22.8 Å². The molecule has 0 aromatic heterocycles. The SMILES string of the molecule is Nc1cc(COCCC(F)(F)F)ccc1[N+](=O)[O-]. The van der Waals surface area contributed by atoms with Gasteiger partial charge in [-0.1, -0.05) is 0 Å². The predicted octanol–water partition coefficient (Wildman–Crippen LogP) is 2.65. The van der Waals surface area contributed by atoms with Gasteiger partial charge in [0, 0.05) is 6.07 Å². The number of nitrogens with two attached hydrogens (primary N) is 1. The molecule has 8 heteroatoms. The van der Waals surface area contributed by atoms with Crippen molar-refractivity contribution >= 4 is 11.4 Å². The highest BCUT2D eigenvalue weighted by Gasteiger charge is 2.26. The first kappa shape index (κ1) is 14.2. The molecule has 1 rings (SSSR count). The Balaban J connectivity index is 2.49. The molecule has 5 nitrogen and oxygen atoms in total. The Hall–Kier alpha value is -1.83. The third-order valence-electron chi connectivity index (χ3n) is 2.09. The number of halogens is 3. The number of ether oxygens (including phenoxy) is 1. The van der Waals surface area contributed by atoms with E-state index < -0.39 is 24.1 Å². The summed E-state index contributed by atoms with van der Waals surface area (Å²) in [7, 11) is 0. The van der Waals surface area contributed by atoms with Crippen LogP contribution in [-0.2, 0) is 11.3 Å². The van der Waals surface area contributed by atoms with Crippen LogP contribution in [0.1, 0.15) is 12.0 Å². The molecule has 0 heterocycles. The van der Waals surface area contributed by atoms with Gasteiger partial charge in [0.1, 0.15) is 5.69 Å². The molecule has 0 fully saturated rings.